The van der Waals surface area contributed by atoms with Crippen LogP contribution in [0.2, 0.25) is 0 Å². The van der Waals surface area contributed by atoms with Crippen molar-refractivity contribution in [2.24, 2.45) is 10.9 Å². The number of hydrogen-bond acceptors (Lipinski definition) is 5. The molecule has 0 amide bonds. The zero-order valence-corrected chi connectivity index (χ0v) is 12.6. The Balaban J connectivity index is 2.58. The molecule has 0 saturated carbocycles. The first-order valence-electron chi connectivity index (χ1n) is 6.39. The van der Waals surface area contributed by atoms with Crippen molar-refractivity contribution in [3.05, 3.63) is 29.8 Å². The summed E-state index contributed by atoms with van der Waals surface area (Å²) >= 11 is 0. The van der Waals surface area contributed by atoms with Gasteiger partial charge in [0.25, 0.3) is 0 Å². The second-order valence-corrected chi connectivity index (χ2v) is 7.02. The summed E-state index contributed by atoms with van der Waals surface area (Å²) in [5.74, 6) is 0.453. The number of sulfone groups is 1. The number of anilines is 1. The highest BCUT2D eigenvalue weighted by atomic mass is 32.2. The quantitative estimate of drug-likeness (QED) is 0.339. The predicted molar refractivity (Wildman–Crippen MR) is 81.2 cm³/mol. The van der Waals surface area contributed by atoms with E-state index in [1.165, 1.54) is 0 Å². The fraction of sp³-hybridized carbons (Fsp3) is 0.462. The zero-order valence-electron chi connectivity index (χ0n) is 11.8. The third-order valence-electron chi connectivity index (χ3n) is 3.10. The SMILES string of the molecule is CCS(=O)(=O)CCCN(C)c1ccc(C(N)=NO)cc1. The molecule has 0 aliphatic carbocycles. The van der Waals surface area contributed by atoms with Gasteiger partial charge in [-0.3, -0.25) is 0 Å². The molecule has 0 aromatic heterocycles. The molecule has 6 nitrogen and oxygen atoms in total. The fourth-order valence-electron chi connectivity index (χ4n) is 1.74. The molecule has 0 aliphatic rings. The van der Waals surface area contributed by atoms with Gasteiger partial charge in [0.2, 0.25) is 0 Å². The van der Waals surface area contributed by atoms with E-state index in [1.807, 2.05) is 24.1 Å². The molecule has 1 rings (SSSR count). The third kappa shape index (κ3) is 4.73. The second kappa shape index (κ2) is 7.14. The van der Waals surface area contributed by atoms with Gasteiger partial charge in [-0.2, -0.15) is 0 Å². The first kappa shape index (κ1) is 16.3. The minimum Gasteiger partial charge on any atom is -0.409 e. The van der Waals surface area contributed by atoms with Gasteiger partial charge in [-0.05, 0) is 30.7 Å². The standard InChI is InChI=1S/C13H21N3O3S/c1-3-20(18,19)10-4-9-16(2)12-7-5-11(6-8-12)13(14)15-17/h5-8,17H,3-4,9-10H2,1-2H3,(H2,14,15). The van der Waals surface area contributed by atoms with E-state index in [2.05, 4.69) is 5.16 Å². The molecular weight excluding hydrogens is 278 g/mol. The molecule has 20 heavy (non-hydrogen) atoms. The topological polar surface area (TPSA) is 96.0 Å². The van der Waals surface area contributed by atoms with E-state index < -0.39 is 9.84 Å². The summed E-state index contributed by atoms with van der Waals surface area (Å²) in [6.07, 6.45) is 0.592. The van der Waals surface area contributed by atoms with E-state index in [0.717, 1.165) is 5.69 Å². The largest absolute Gasteiger partial charge is 0.409 e. The number of nitrogens with two attached hydrogens (primary N) is 1. The van der Waals surface area contributed by atoms with Crippen LogP contribution in [-0.4, -0.2) is 44.6 Å². The van der Waals surface area contributed by atoms with E-state index in [1.54, 1.807) is 19.1 Å². The first-order valence-corrected chi connectivity index (χ1v) is 8.21. The van der Waals surface area contributed by atoms with Crippen molar-refractivity contribution < 1.29 is 13.6 Å². The average molecular weight is 299 g/mol. The van der Waals surface area contributed by atoms with Crippen LogP contribution < -0.4 is 10.6 Å². The van der Waals surface area contributed by atoms with Gasteiger partial charge in [0.15, 0.2) is 5.84 Å². The van der Waals surface area contributed by atoms with Crippen molar-refractivity contribution in [2.75, 3.05) is 30.0 Å². The minimum absolute atomic E-state index is 0.0632. The Morgan fingerprint density at radius 1 is 1.35 bits per heavy atom. The first-order chi connectivity index (χ1) is 9.39. The molecule has 0 saturated heterocycles. The molecule has 0 aliphatic heterocycles. The Morgan fingerprint density at radius 2 is 1.95 bits per heavy atom. The lowest BCUT2D eigenvalue weighted by Crippen LogP contribution is -2.22. The minimum atomic E-state index is -2.91. The van der Waals surface area contributed by atoms with E-state index in [9.17, 15) is 8.42 Å². The second-order valence-electron chi connectivity index (χ2n) is 4.54. The van der Waals surface area contributed by atoms with Crippen molar-refractivity contribution in [2.45, 2.75) is 13.3 Å². The smallest absolute Gasteiger partial charge is 0.170 e. The summed E-state index contributed by atoms with van der Waals surface area (Å²) < 4.78 is 22.8. The summed E-state index contributed by atoms with van der Waals surface area (Å²) in [6.45, 7) is 2.31. The Bertz CT molecular complexity index is 553. The summed E-state index contributed by atoms with van der Waals surface area (Å²) in [5.41, 5.74) is 7.07. The molecule has 1 aromatic rings. The molecule has 0 bridgehead atoms. The van der Waals surface area contributed by atoms with Crippen LogP contribution >= 0.6 is 0 Å². The van der Waals surface area contributed by atoms with Crippen LogP contribution in [0.15, 0.2) is 29.4 Å². The van der Waals surface area contributed by atoms with Gasteiger partial charge in [0, 0.05) is 30.6 Å². The average Bonchev–Trinajstić information content (AvgIpc) is 2.46. The van der Waals surface area contributed by atoms with Gasteiger partial charge in [-0.25, -0.2) is 8.42 Å². The van der Waals surface area contributed by atoms with Crippen LogP contribution in [0.1, 0.15) is 18.9 Å². The van der Waals surface area contributed by atoms with E-state index >= 15 is 0 Å². The molecule has 3 N–H and O–H groups in total. The number of amidine groups is 1. The molecule has 0 fully saturated rings. The molecule has 112 valence electrons. The summed E-state index contributed by atoms with van der Waals surface area (Å²) in [7, 11) is -1.01. The van der Waals surface area contributed by atoms with E-state index in [-0.39, 0.29) is 17.3 Å². The van der Waals surface area contributed by atoms with Gasteiger partial charge in [-0.1, -0.05) is 12.1 Å². The van der Waals surface area contributed by atoms with E-state index in [0.29, 0.717) is 18.5 Å². The van der Waals surface area contributed by atoms with Gasteiger partial charge in [-0.15, -0.1) is 0 Å². The molecular formula is C13H21N3O3S. The van der Waals surface area contributed by atoms with Gasteiger partial charge in [0.05, 0.1) is 5.75 Å². The van der Waals surface area contributed by atoms with Crippen molar-refractivity contribution in [3.8, 4) is 0 Å². The highest BCUT2D eigenvalue weighted by molar-refractivity contribution is 7.91. The maximum atomic E-state index is 11.4. The molecule has 7 heteroatoms. The normalized spacial score (nSPS) is 12.4. The molecule has 0 atom stereocenters. The number of oxime groups is 1. The number of benzene rings is 1. The van der Waals surface area contributed by atoms with Crippen LogP contribution in [0.3, 0.4) is 0 Å². The van der Waals surface area contributed by atoms with Crippen molar-refractivity contribution in [3.63, 3.8) is 0 Å². The molecule has 0 heterocycles. The lowest BCUT2D eigenvalue weighted by atomic mass is 10.2. The van der Waals surface area contributed by atoms with E-state index in [4.69, 9.17) is 10.9 Å². The summed E-state index contributed by atoms with van der Waals surface area (Å²) in [6, 6.07) is 7.21. The van der Waals surface area contributed by atoms with Crippen molar-refractivity contribution >= 4 is 21.4 Å². The van der Waals surface area contributed by atoms with Crippen LogP contribution in [0.4, 0.5) is 5.69 Å². The highest BCUT2D eigenvalue weighted by Gasteiger charge is 2.08. The Kier molecular flexibility index (Phi) is 5.82. The fourth-order valence-corrected chi connectivity index (χ4v) is 2.60. The Morgan fingerprint density at radius 3 is 2.45 bits per heavy atom. The van der Waals surface area contributed by atoms with Crippen LogP contribution in [0.25, 0.3) is 0 Å². The maximum Gasteiger partial charge on any atom is 0.170 e. The van der Waals surface area contributed by atoms with Crippen molar-refractivity contribution in [1.29, 1.82) is 0 Å². The van der Waals surface area contributed by atoms with Gasteiger partial charge in [0.1, 0.15) is 9.84 Å². The summed E-state index contributed by atoms with van der Waals surface area (Å²) in [4.78, 5) is 1.97. The van der Waals surface area contributed by atoms with Crippen molar-refractivity contribution in [1.82, 2.24) is 0 Å². The lowest BCUT2D eigenvalue weighted by molar-refractivity contribution is 0.318. The van der Waals surface area contributed by atoms with Crippen LogP contribution in [-0.2, 0) is 9.84 Å². The van der Waals surface area contributed by atoms with Gasteiger partial charge >= 0.3 is 0 Å². The predicted octanol–water partition coefficient (Wildman–Crippen LogP) is 1.04. The zero-order chi connectivity index (χ0) is 15.2. The van der Waals surface area contributed by atoms with Crippen LogP contribution in [0, 0.1) is 0 Å². The Hall–Kier alpha value is -1.76. The number of nitrogens with zero attached hydrogens (tertiary/aromatic N) is 2. The lowest BCUT2D eigenvalue weighted by Gasteiger charge is -2.19. The number of rotatable bonds is 7. The van der Waals surface area contributed by atoms with Gasteiger partial charge < -0.3 is 15.8 Å². The maximum absolute atomic E-state index is 11.4. The monoisotopic (exact) mass is 299 g/mol. The molecule has 1 aromatic carbocycles. The molecule has 0 spiro atoms. The molecule has 0 radical (unpaired) electrons. The third-order valence-corrected chi connectivity index (χ3v) is 4.89. The molecule has 0 unspecified atom stereocenters. The van der Waals surface area contributed by atoms with Crippen LogP contribution in [0.5, 0.6) is 0 Å². The summed E-state index contributed by atoms with van der Waals surface area (Å²) in [5, 5.41) is 11.5. The highest BCUT2D eigenvalue weighted by Crippen LogP contribution is 2.14. The number of hydrogen-bond donors (Lipinski definition) is 2. The Labute approximate surface area is 119 Å².